The Bertz CT molecular complexity index is 716. The summed E-state index contributed by atoms with van der Waals surface area (Å²) in [5.41, 5.74) is 2.34. The highest BCUT2D eigenvalue weighted by Crippen LogP contribution is 2.31. The van der Waals surface area contributed by atoms with Crippen molar-refractivity contribution in [2.24, 2.45) is 0 Å². The molecule has 2 aliphatic rings. The number of sulfone groups is 1. The van der Waals surface area contributed by atoms with Gasteiger partial charge in [-0.2, -0.15) is 0 Å². The number of carbonyl (C=O) groups is 1. The fourth-order valence-electron chi connectivity index (χ4n) is 3.78. The van der Waals surface area contributed by atoms with E-state index in [0.717, 1.165) is 24.8 Å². The minimum Gasteiger partial charge on any atom is -0.373 e. The van der Waals surface area contributed by atoms with Gasteiger partial charge in [-0.1, -0.05) is 37.6 Å². The molecule has 1 saturated heterocycles. The van der Waals surface area contributed by atoms with Crippen molar-refractivity contribution in [2.75, 3.05) is 24.7 Å². The number of hydrogen-bond donors (Lipinski definition) is 0. The van der Waals surface area contributed by atoms with Crippen LogP contribution in [0.2, 0.25) is 0 Å². The summed E-state index contributed by atoms with van der Waals surface area (Å²) in [4.78, 5) is 14.8. The van der Waals surface area contributed by atoms with Gasteiger partial charge in [0.25, 0.3) is 0 Å². The molecule has 6 heteroatoms. The van der Waals surface area contributed by atoms with Crippen LogP contribution in [0.3, 0.4) is 0 Å². The maximum absolute atomic E-state index is 13.0. The number of carbonyl (C=O) groups excluding carboxylic acids is 1. The van der Waals surface area contributed by atoms with Gasteiger partial charge in [0.1, 0.15) is 0 Å². The van der Waals surface area contributed by atoms with Crippen molar-refractivity contribution < 1.29 is 17.9 Å². The lowest BCUT2D eigenvalue weighted by atomic mass is 9.95. The van der Waals surface area contributed by atoms with Crippen LogP contribution in [0.15, 0.2) is 24.3 Å². The normalized spacial score (nSPS) is 24.7. The highest BCUT2D eigenvalue weighted by atomic mass is 32.2. The van der Waals surface area contributed by atoms with E-state index in [4.69, 9.17) is 4.74 Å². The molecule has 2 aliphatic heterocycles. The molecule has 2 atom stereocenters. The summed E-state index contributed by atoms with van der Waals surface area (Å²) in [6.07, 6.45) is 3.37. The Morgan fingerprint density at radius 1 is 1.32 bits per heavy atom. The van der Waals surface area contributed by atoms with Crippen molar-refractivity contribution in [3.05, 3.63) is 35.4 Å². The van der Waals surface area contributed by atoms with Crippen LogP contribution >= 0.6 is 0 Å². The van der Waals surface area contributed by atoms with E-state index in [-0.39, 0.29) is 36.0 Å². The molecule has 0 aliphatic carbocycles. The molecule has 0 saturated carbocycles. The van der Waals surface area contributed by atoms with Crippen LogP contribution in [-0.4, -0.2) is 49.9 Å². The number of ether oxygens (including phenoxy) is 1. The summed E-state index contributed by atoms with van der Waals surface area (Å²) in [6.45, 7) is 3.33. The number of amides is 1. The largest absolute Gasteiger partial charge is 0.373 e. The minimum atomic E-state index is -3.01. The summed E-state index contributed by atoms with van der Waals surface area (Å²) in [7, 11) is -3.01. The first-order valence-corrected chi connectivity index (χ1v) is 11.0. The van der Waals surface area contributed by atoms with Crippen molar-refractivity contribution >= 4 is 15.7 Å². The van der Waals surface area contributed by atoms with Gasteiger partial charge in [-0.25, -0.2) is 8.42 Å². The smallest absolute Gasteiger partial charge is 0.225 e. The minimum absolute atomic E-state index is 0.0113. The molecule has 0 spiro atoms. The van der Waals surface area contributed by atoms with Gasteiger partial charge in [0, 0.05) is 12.6 Å². The predicted molar refractivity (Wildman–Crippen MR) is 97.1 cm³/mol. The summed E-state index contributed by atoms with van der Waals surface area (Å²) >= 11 is 0. The van der Waals surface area contributed by atoms with Gasteiger partial charge in [-0.05, 0) is 30.4 Å². The molecule has 1 aromatic carbocycles. The van der Waals surface area contributed by atoms with Crippen LogP contribution in [0, 0.1) is 0 Å². The van der Waals surface area contributed by atoms with E-state index in [1.807, 2.05) is 18.2 Å². The predicted octanol–water partition coefficient (Wildman–Crippen LogP) is 2.51. The lowest BCUT2D eigenvalue weighted by molar-refractivity contribution is -0.136. The molecule has 1 amide bonds. The molecule has 3 rings (SSSR count). The highest BCUT2D eigenvalue weighted by Gasteiger charge is 2.35. The Kier molecular flexibility index (Phi) is 5.79. The van der Waals surface area contributed by atoms with Gasteiger partial charge in [0.2, 0.25) is 5.91 Å². The van der Waals surface area contributed by atoms with Crippen LogP contribution in [0.5, 0.6) is 0 Å². The monoisotopic (exact) mass is 365 g/mol. The zero-order valence-corrected chi connectivity index (χ0v) is 15.6. The van der Waals surface area contributed by atoms with Gasteiger partial charge < -0.3 is 9.64 Å². The zero-order valence-electron chi connectivity index (χ0n) is 14.8. The lowest BCUT2D eigenvalue weighted by Gasteiger charge is -2.32. The van der Waals surface area contributed by atoms with Crippen molar-refractivity contribution in [1.82, 2.24) is 4.90 Å². The second-order valence-corrected chi connectivity index (χ2v) is 9.24. The number of hydrogen-bond acceptors (Lipinski definition) is 4. The molecule has 0 aromatic heterocycles. The van der Waals surface area contributed by atoms with E-state index in [0.29, 0.717) is 19.6 Å². The van der Waals surface area contributed by atoms with Crippen LogP contribution in [0.1, 0.15) is 49.8 Å². The van der Waals surface area contributed by atoms with Gasteiger partial charge in [-0.3, -0.25) is 4.79 Å². The van der Waals surface area contributed by atoms with Crippen molar-refractivity contribution in [3.63, 3.8) is 0 Å². The Hall–Kier alpha value is -1.40. The first-order valence-electron chi connectivity index (χ1n) is 9.19. The Morgan fingerprint density at radius 2 is 2.12 bits per heavy atom. The average Bonchev–Trinajstić information content (AvgIpc) is 2.95. The molecule has 0 N–H and O–H groups in total. The van der Waals surface area contributed by atoms with E-state index in [1.54, 1.807) is 4.90 Å². The highest BCUT2D eigenvalue weighted by molar-refractivity contribution is 7.91. The van der Waals surface area contributed by atoms with Crippen molar-refractivity contribution in [2.45, 2.75) is 51.2 Å². The third-order valence-corrected chi connectivity index (χ3v) is 6.92. The first-order chi connectivity index (χ1) is 12.0. The molecule has 138 valence electrons. The molecule has 5 nitrogen and oxygen atoms in total. The summed E-state index contributed by atoms with van der Waals surface area (Å²) in [5.74, 6) is 0.304. The quantitative estimate of drug-likeness (QED) is 0.777. The third-order valence-electron chi connectivity index (χ3n) is 5.17. The second-order valence-electron chi connectivity index (χ2n) is 7.01. The van der Waals surface area contributed by atoms with Crippen LogP contribution in [0.4, 0.5) is 0 Å². The standard InChI is InChI=1S/C19H27NO4S/c1-2-3-10-20(16-9-12-25(22,23)14-16)19(21)13-18-17-7-5-4-6-15(17)8-11-24-18/h4-7,16,18H,2-3,8-14H2,1H3. The summed E-state index contributed by atoms with van der Waals surface area (Å²) < 4.78 is 29.5. The van der Waals surface area contributed by atoms with E-state index >= 15 is 0 Å². The molecule has 1 aromatic rings. The van der Waals surface area contributed by atoms with Crippen molar-refractivity contribution in [1.29, 1.82) is 0 Å². The maximum Gasteiger partial charge on any atom is 0.225 e. The molecular weight excluding hydrogens is 338 g/mol. The van der Waals surface area contributed by atoms with Crippen LogP contribution in [0.25, 0.3) is 0 Å². The topological polar surface area (TPSA) is 63.7 Å². The third kappa shape index (κ3) is 4.42. The van der Waals surface area contributed by atoms with Gasteiger partial charge in [0.05, 0.1) is 30.6 Å². The first kappa shape index (κ1) is 18.4. The zero-order chi connectivity index (χ0) is 17.9. The molecule has 2 heterocycles. The van der Waals surface area contributed by atoms with E-state index in [1.165, 1.54) is 5.56 Å². The number of nitrogens with zero attached hydrogens (tertiary/aromatic N) is 1. The fourth-order valence-corrected chi connectivity index (χ4v) is 5.51. The number of benzene rings is 1. The molecule has 25 heavy (non-hydrogen) atoms. The molecule has 0 radical (unpaired) electrons. The molecular formula is C19H27NO4S. The number of fused-ring (bicyclic) bond motifs is 1. The summed E-state index contributed by atoms with van der Waals surface area (Å²) in [5, 5.41) is 0. The van der Waals surface area contributed by atoms with Crippen LogP contribution < -0.4 is 0 Å². The van der Waals surface area contributed by atoms with Crippen molar-refractivity contribution in [3.8, 4) is 0 Å². The second kappa shape index (κ2) is 7.87. The SMILES string of the molecule is CCCCN(C(=O)CC1OCCc2ccccc21)C1CCS(=O)(=O)C1. The maximum atomic E-state index is 13.0. The Balaban J connectivity index is 1.73. The molecule has 0 bridgehead atoms. The number of rotatable bonds is 6. The van der Waals surface area contributed by atoms with E-state index in [2.05, 4.69) is 13.0 Å². The Labute approximate surface area is 150 Å². The fraction of sp³-hybridized carbons (Fsp3) is 0.632. The molecule has 1 fully saturated rings. The van der Waals surface area contributed by atoms with Gasteiger partial charge >= 0.3 is 0 Å². The van der Waals surface area contributed by atoms with Gasteiger partial charge in [-0.15, -0.1) is 0 Å². The van der Waals surface area contributed by atoms with Crippen LogP contribution in [-0.2, 0) is 25.8 Å². The summed E-state index contributed by atoms with van der Waals surface area (Å²) in [6, 6.07) is 7.93. The molecule has 2 unspecified atom stereocenters. The Morgan fingerprint density at radius 3 is 2.84 bits per heavy atom. The number of unbranched alkanes of at least 4 members (excludes halogenated alkanes) is 1. The lowest BCUT2D eigenvalue weighted by Crippen LogP contribution is -2.42. The van der Waals surface area contributed by atoms with Gasteiger partial charge in [0.15, 0.2) is 9.84 Å². The average molecular weight is 365 g/mol. The van der Waals surface area contributed by atoms with E-state index in [9.17, 15) is 13.2 Å². The van der Waals surface area contributed by atoms with E-state index < -0.39 is 9.84 Å².